The highest BCUT2D eigenvalue weighted by Gasteiger charge is 2.44. The maximum Gasteiger partial charge on any atom is 0.305 e. The van der Waals surface area contributed by atoms with Crippen molar-refractivity contribution in [3.05, 3.63) is 85.1 Å². The lowest BCUT2D eigenvalue weighted by Gasteiger charge is -2.40. The minimum atomic E-state index is -1.58. The standard InChI is InChI=1S/C84H151NO10/c1-3-5-7-9-11-13-15-17-18-45-48-52-56-60-64-68-72-80(89)93-73-69-65-61-57-53-49-46-43-41-39-37-35-33-31-29-27-25-23-21-19-20-22-24-26-28-30-32-34-36-38-40-42-44-47-51-55-59-63-67-71-79(88)85-76(75-94-84-83(92)82(91)81(90)78(74-86)95-84)77(87)70-66-62-58-54-50-16-14-12-10-8-6-4-2/h10,12-13,15,18-20,23,25,45,50,54,66,70,76-78,81-84,86-87,90-92H,3-9,11,14,16-17,21-22,24,26-44,46-49,51-53,55-65,67-69,71-75H2,1-2H3,(H,85,88)/b12-10+,15-13-,20-19-,25-23-,45-18-,54-50+,70-66+. The minimum Gasteiger partial charge on any atom is -0.466 e. The summed E-state index contributed by atoms with van der Waals surface area (Å²) in [6.45, 7) is 4.28. The van der Waals surface area contributed by atoms with E-state index in [9.17, 15) is 35.1 Å². The number of hydrogen-bond acceptors (Lipinski definition) is 10. The Hall–Kier alpha value is -3.16. The van der Waals surface area contributed by atoms with Crippen molar-refractivity contribution in [2.75, 3.05) is 19.8 Å². The van der Waals surface area contributed by atoms with Gasteiger partial charge in [-0.25, -0.2) is 0 Å². The summed E-state index contributed by atoms with van der Waals surface area (Å²) < 4.78 is 16.7. The van der Waals surface area contributed by atoms with Crippen molar-refractivity contribution in [3.63, 3.8) is 0 Å². The number of ether oxygens (including phenoxy) is 3. The molecule has 0 aromatic carbocycles. The van der Waals surface area contributed by atoms with Gasteiger partial charge in [0, 0.05) is 12.8 Å². The number of amides is 1. The first-order chi connectivity index (χ1) is 46.7. The average molecular weight is 1340 g/mol. The van der Waals surface area contributed by atoms with Crippen LogP contribution < -0.4 is 5.32 Å². The van der Waals surface area contributed by atoms with Crippen LogP contribution in [0.1, 0.15) is 373 Å². The Balaban J connectivity index is 1.90. The van der Waals surface area contributed by atoms with Crippen molar-refractivity contribution in [3.8, 4) is 0 Å². The van der Waals surface area contributed by atoms with Gasteiger partial charge in [-0.1, -0.05) is 330 Å². The first-order valence-corrected chi connectivity index (χ1v) is 40.4. The molecule has 1 saturated heterocycles. The molecule has 6 N–H and O–H groups in total. The second-order valence-corrected chi connectivity index (χ2v) is 27.7. The molecule has 11 nitrogen and oxygen atoms in total. The third-order valence-corrected chi connectivity index (χ3v) is 18.7. The Kier molecular flexibility index (Phi) is 68.2. The van der Waals surface area contributed by atoms with Gasteiger partial charge in [0.15, 0.2) is 6.29 Å². The monoisotopic (exact) mass is 1330 g/mol. The van der Waals surface area contributed by atoms with Crippen LogP contribution in [0.25, 0.3) is 0 Å². The zero-order valence-corrected chi connectivity index (χ0v) is 61.6. The van der Waals surface area contributed by atoms with Gasteiger partial charge in [-0.05, 0) is 116 Å². The fourth-order valence-corrected chi connectivity index (χ4v) is 12.3. The van der Waals surface area contributed by atoms with Gasteiger partial charge in [0.05, 0.1) is 32.0 Å². The molecule has 0 bridgehead atoms. The molecule has 552 valence electrons. The molecule has 0 aromatic heterocycles. The summed E-state index contributed by atoms with van der Waals surface area (Å²) in [6, 6.07) is -0.834. The quantitative estimate of drug-likeness (QED) is 0.0195. The average Bonchev–Trinajstić information content (AvgIpc) is 0.850. The Morgan fingerprint density at radius 1 is 0.389 bits per heavy atom. The molecular formula is C84H151NO10. The summed E-state index contributed by atoms with van der Waals surface area (Å²) in [5, 5.41) is 54.5. The van der Waals surface area contributed by atoms with Crippen molar-refractivity contribution in [1.82, 2.24) is 5.32 Å². The van der Waals surface area contributed by atoms with Crippen LogP contribution in [-0.4, -0.2) is 100 Å². The van der Waals surface area contributed by atoms with E-state index in [1.165, 1.54) is 263 Å². The number of carbonyl (C=O) groups is 2. The zero-order valence-electron chi connectivity index (χ0n) is 61.6. The summed E-state index contributed by atoms with van der Waals surface area (Å²) >= 11 is 0. The smallest absolute Gasteiger partial charge is 0.305 e. The number of allylic oxidation sites excluding steroid dienone is 13. The van der Waals surface area contributed by atoms with Crippen LogP contribution >= 0.6 is 0 Å². The van der Waals surface area contributed by atoms with E-state index in [0.717, 1.165) is 83.5 Å². The summed E-state index contributed by atoms with van der Waals surface area (Å²) in [6.07, 6.45) is 90.6. The van der Waals surface area contributed by atoms with E-state index >= 15 is 0 Å². The van der Waals surface area contributed by atoms with Crippen LogP contribution in [0.5, 0.6) is 0 Å². The maximum atomic E-state index is 13.1. The highest BCUT2D eigenvalue weighted by Crippen LogP contribution is 2.23. The van der Waals surface area contributed by atoms with Crippen LogP contribution in [-0.2, 0) is 23.8 Å². The minimum absolute atomic E-state index is 0.000600. The van der Waals surface area contributed by atoms with Crippen molar-refractivity contribution < 1.29 is 49.3 Å². The second-order valence-electron chi connectivity index (χ2n) is 27.7. The second kappa shape index (κ2) is 72.1. The molecule has 1 amide bonds. The van der Waals surface area contributed by atoms with Gasteiger partial charge in [0.25, 0.3) is 0 Å². The van der Waals surface area contributed by atoms with Crippen LogP contribution in [0.2, 0.25) is 0 Å². The van der Waals surface area contributed by atoms with E-state index in [1.54, 1.807) is 6.08 Å². The number of unbranched alkanes of at least 4 members (excludes halogenated alkanes) is 45. The molecule has 0 spiro atoms. The summed E-state index contributed by atoms with van der Waals surface area (Å²) in [4.78, 5) is 25.2. The first kappa shape index (κ1) is 89.9. The van der Waals surface area contributed by atoms with E-state index in [-0.39, 0.29) is 18.5 Å². The number of rotatable bonds is 71. The predicted molar refractivity (Wildman–Crippen MR) is 402 cm³/mol. The van der Waals surface area contributed by atoms with Gasteiger partial charge >= 0.3 is 5.97 Å². The molecule has 0 aromatic rings. The lowest BCUT2D eigenvalue weighted by atomic mass is 9.99. The van der Waals surface area contributed by atoms with E-state index < -0.39 is 49.5 Å². The van der Waals surface area contributed by atoms with Crippen molar-refractivity contribution in [2.24, 2.45) is 0 Å². The molecule has 1 fully saturated rings. The highest BCUT2D eigenvalue weighted by molar-refractivity contribution is 5.76. The lowest BCUT2D eigenvalue weighted by molar-refractivity contribution is -0.302. The number of hydrogen-bond donors (Lipinski definition) is 6. The normalized spacial score (nSPS) is 17.8. The molecule has 7 atom stereocenters. The molecular weight excluding hydrogens is 1180 g/mol. The van der Waals surface area contributed by atoms with Crippen molar-refractivity contribution in [2.45, 2.75) is 416 Å². The molecule has 1 aliphatic heterocycles. The molecule has 0 radical (unpaired) electrons. The Morgan fingerprint density at radius 2 is 0.726 bits per heavy atom. The van der Waals surface area contributed by atoms with Crippen LogP contribution in [0.4, 0.5) is 0 Å². The van der Waals surface area contributed by atoms with Gasteiger partial charge < -0.3 is 45.1 Å². The third kappa shape index (κ3) is 60.5. The van der Waals surface area contributed by atoms with E-state index in [2.05, 4.69) is 92.1 Å². The third-order valence-electron chi connectivity index (χ3n) is 18.7. The topological polar surface area (TPSA) is 175 Å². The Labute approximate surface area is 584 Å². The van der Waals surface area contributed by atoms with Crippen LogP contribution in [0, 0.1) is 0 Å². The summed E-state index contributed by atoms with van der Waals surface area (Å²) in [7, 11) is 0. The van der Waals surface area contributed by atoms with Gasteiger partial charge in [-0.15, -0.1) is 0 Å². The van der Waals surface area contributed by atoms with Crippen LogP contribution in [0.3, 0.4) is 0 Å². The predicted octanol–water partition coefficient (Wildman–Crippen LogP) is 22.0. The number of esters is 1. The fourth-order valence-electron chi connectivity index (χ4n) is 12.3. The molecule has 0 saturated carbocycles. The largest absolute Gasteiger partial charge is 0.466 e. The number of carbonyl (C=O) groups excluding carboxylic acids is 2. The molecule has 1 aliphatic rings. The Morgan fingerprint density at radius 3 is 1.14 bits per heavy atom. The molecule has 95 heavy (non-hydrogen) atoms. The number of aliphatic hydroxyl groups excluding tert-OH is 5. The number of aliphatic hydroxyl groups is 5. The molecule has 7 unspecified atom stereocenters. The van der Waals surface area contributed by atoms with E-state index in [4.69, 9.17) is 14.2 Å². The fraction of sp³-hybridized carbons (Fsp3) is 0.810. The summed E-state index contributed by atoms with van der Waals surface area (Å²) in [5.41, 5.74) is 0. The van der Waals surface area contributed by atoms with Gasteiger partial charge in [-0.3, -0.25) is 9.59 Å². The lowest BCUT2D eigenvalue weighted by Crippen LogP contribution is -2.60. The van der Waals surface area contributed by atoms with Gasteiger partial charge in [0.2, 0.25) is 5.91 Å². The molecule has 1 heterocycles. The maximum absolute atomic E-state index is 13.1. The highest BCUT2D eigenvalue weighted by atomic mass is 16.7. The van der Waals surface area contributed by atoms with E-state index in [0.29, 0.717) is 19.4 Å². The van der Waals surface area contributed by atoms with Crippen molar-refractivity contribution >= 4 is 11.9 Å². The zero-order chi connectivity index (χ0) is 68.6. The van der Waals surface area contributed by atoms with Crippen LogP contribution in [0.15, 0.2) is 85.1 Å². The summed E-state index contributed by atoms with van der Waals surface area (Å²) in [5.74, 6) is -0.193. The molecule has 0 aliphatic carbocycles. The Bertz CT molecular complexity index is 1860. The van der Waals surface area contributed by atoms with Gasteiger partial charge in [-0.2, -0.15) is 0 Å². The van der Waals surface area contributed by atoms with E-state index in [1.807, 2.05) is 6.08 Å². The first-order valence-electron chi connectivity index (χ1n) is 40.4. The van der Waals surface area contributed by atoms with Gasteiger partial charge in [0.1, 0.15) is 24.4 Å². The molecule has 11 heteroatoms. The number of nitrogens with one attached hydrogen (secondary N) is 1. The SMILES string of the molecule is CCCC/C=C/CC/C=C/CC/C=C/C(O)C(COC1OC(CO)C(O)C(O)C1O)NC(=O)CCCCCCCCCCCCCCCCCCC/C=C\C/C=C\CCCCCCCCCCCCCCCCCOC(=O)CCCCCCC/C=C\C/C=C\CCCCCC. The molecule has 1 rings (SSSR count). The van der Waals surface area contributed by atoms with Crippen molar-refractivity contribution in [1.29, 1.82) is 0 Å².